The summed E-state index contributed by atoms with van der Waals surface area (Å²) in [5.74, 6) is -0.204. The van der Waals surface area contributed by atoms with Crippen molar-refractivity contribution in [1.82, 2.24) is 9.71 Å². The lowest BCUT2D eigenvalue weighted by atomic mass is 10.2. The first-order valence-electron chi connectivity index (χ1n) is 6.87. The van der Waals surface area contributed by atoms with E-state index in [0.717, 1.165) is 12.1 Å². The number of quaternary nitrogens is 1. The van der Waals surface area contributed by atoms with E-state index >= 15 is 0 Å². The van der Waals surface area contributed by atoms with E-state index in [9.17, 15) is 13.2 Å². The van der Waals surface area contributed by atoms with Gasteiger partial charge in [0, 0.05) is 12.1 Å². The average molecular weight is 330 g/mol. The van der Waals surface area contributed by atoms with Gasteiger partial charge in [-0.15, -0.1) is 4.99 Å². The maximum atomic E-state index is 12.6. The summed E-state index contributed by atoms with van der Waals surface area (Å²) in [6, 6.07) is 4.47. The lowest BCUT2D eigenvalue weighted by molar-refractivity contribution is -0.193. The van der Waals surface area contributed by atoms with Crippen LogP contribution in [0.3, 0.4) is 0 Å². The number of rotatable bonds is 1. The summed E-state index contributed by atoms with van der Waals surface area (Å²) in [5.41, 5.74) is 5.33. The molecule has 0 saturated carbocycles. The van der Waals surface area contributed by atoms with Gasteiger partial charge in [-0.25, -0.2) is 10.5 Å². The smallest absolute Gasteiger partial charge is 0.368 e. The Hall–Kier alpha value is -2.17. The van der Waals surface area contributed by atoms with E-state index in [0.29, 0.717) is 32.0 Å². The van der Waals surface area contributed by atoms with E-state index in [2.05, 4.69) is 4.99 Å². The zero-order valence-corrected chi connectivity index (χ0v) is 12.0. The molecular formula is C13H15F3N5O2+. The fourth-order valence-corrected chi connectivity index (χ4v) is 2.27. The molecule has 1 aromatic carbocycles. The standard InChI is InChI=1S/C13H15F3N5O2/c14-13(15,16)9-1-3-10(4-2-9)21(6-8-23-21)12(18)19-11(17)20-5-7-22-20/h1-4H,5-8H2,(H3,17,18,19)/q+1. The highest BCUT2D eigenvalue weighted by Crippen LogP contribution is 2.34. The van der Waals surface area contributed by atoms with Crippen LogP contribution in [0.15, 0.2) is 29.3 Å². The lowest BCUT2D eigenvalue weighted by Crippen LogP contribution is -2.64. The predicted octanol–water partition coefficient (Wildman–Crippen LogP) is 1.45. The fourth-order valence-electron chi connectivity index (χ4n) is 2.27. The third kappa shape index (κ3) is 2.76. The summed E-state index contributed by atoms with van der Waals surface area (Å²) in [7, 11) is 0. The van der Waals surface area contributed by atoms with E-state index in [1.54, 1.807) is 0 Å². The van der Waals surface area contributed by atoms with Crippen molar-refractivity contribution in [2.75, 3.05) is 26.3 Å². The molecular weight excluding hydrogens is 315 g/mol. The Bertz CT molecular complexity index is 636. The van der Waals surface area contributed by atoms with Gasteiger partial charge in [0.05, 0.1) is 18.7 Å². The number of alkyl halides is 3. The third-order valence-electron chi connectivity index (χ3n) is 3.69. The Morgan fingerprint density at radius 3 is 2.26 bits per heavy atom. The van der Waals surface area contributed by atoms with Gasteiger partial charge < -0.3 is 5.73 Å². The molecule has 1 aromatic rings. The highest BCUT2D eigenvalue weighted by Gasteiger charge is 2.47. The molecule has 1 atom stereocenters. The number of nitrogens with two attached hydrogens (primary N) is 1. The number of nitrogens with zero attached hydrogens (tertiary/aromatic N) is 3. The molecule has 0 spiro atoms. The number of aliphatic imine (C=N–C) groups is 1. The van der Waals surface area contributed by atoms with Crippen LogP contribution in [0.1, 0.15) is 5.56 Å². The summed E-state index contributed by atoms with van der Waals surface area (Å²) < 4.78 is 37.5. The summed E-state index contributed by atoms with van der Waals surface area (Å²) in [6.45, 7) is 1.86. The highest BCUT2D eigenvalue weighted by atomic mass is 19.4. The van der Waals surface area contributed by atoms with Gasteiger partial charge >= 0.3 is 12.1 Å². The normalized spacial score (nSPS) is 24.8. The molecule has 0 amide bonds. The maximum absolute atomic E-state index is 12.6. The molecule has 124 valence electrons. The highest BCUT2D eigenvalue weighted by molar-refractivity contribution is 5.97. The molecule has 7 nitrogen and oxygen atoms in total. The van der Waals surface area contributed by atoms with Gasteiger partial charge in [-0.3, -0.25) is 4.84 Å². The van der Waals surface area contributed by atoms with Crippen LogP contribution in [-0.4, -0.2) is 43.3 Å². The van der Waals surface area contributed by atoms with Gasteiger partial charge in [-0.1, -0.05) is 4.65 Å². The van der Waals surface area contributed by atoms with Gasteiger partial charge in [0.1, 0.15) is 0 Å². The number of nitrogens with one attached hydrogen (secondary N) is 1. The molecule has 0 aromatic heterocycles. The Morgan fingerprint density at radius 2 is 1.87 bits per heavy atom. The molecule has 3 N–H and O–H groups in total. The van der Waals surface area contributed by atoms with E-state index in [-0.39, 0.29) is 11.9 Å². The monoisotopic (exact) mass is 330 g/mol. The Balaban J connectivity index is 1.84. The van der Waals surface area contributed by atoms with Gasteiger partial charge in [0.15, 0.2) is 18.8 Å². The van der Waals surface area contributed by atoms with Crippen molar-refractivity contribution in [2.24, 2.45) is 10.7 Å². The molecule has 0 aliphatic carbocycles. The van der Waals surface area contributed by atoms with Crippen molar-refractivity contribution in [3.05, 3.63) is 29.8 Å². The van der Waals surface area contributed by atoms with Crippen LogP contribution < -0.4 is 10.4 Å². The van der Waals surface area contributed by atoms with Crippen LogP contribution in [0.5, 0.6) is 0 Å². The number of halogens is 3. The van der Waals surface area contributed by atoms with Crippen LogP contribution in [0.2, 0.25) is 0 Å². The summed E-state index contributed by atoms with van der Waals surface area (Å²) in [4.78, 5) is 14.4. The van der Waals surface area contributed by atoms with Crippen LogP contribution in [0.4, 0.5) is 18.9 Å². The molecule has 2 aliphatic rings. The minimum Gasteiger partial charge on any atom is -0.368 e. The number of guanidine groups is 2. The van der Waals surface area contributed by atoms with Crippen LogP contribution >= 0.6 is 0 Å². The Morgan fingerprint density at radius 1 is 1.26 bits per heavy atom. The zero-order valence-electron chi connectivity index (χ0n) is 12.0. The predicted molar refractivity (Wildman–Crippen MR) is 76.1 cm³/mol. The van der Waals surface area contributed by atoms with E-state index < -0.39 is 16.4 Å². The largest absolute Gasteiger partial charge is 0.416 e. The van der Waals surface area contributed by atoms with Crippen molar-refractivity contribution >= 4 is 17.6 Å². The second-order valence-corrected chi connectivity index (χ2v) is 5.07. The van der Waals surface area contributed by atoms with Gasteiger partial charge in [-0.05, 0) is 12.1 Å². The summed E-state index contributed by atoms with van der Waals surface area (Å²) in [5, 5.41) is 9.44. The molecule has 2 fully saturated rings. The second-order valence-electron chi connectivity index (χ2n) is 5.07. The molecule has 10 heteroatoms. The first kappa shape index (κ1) is 15.7. The number of benzene rings is 1. The molecule has 3 rings (SSSR count). The van der Waals surface area contributed by atoms with E-state index in [1.165, 1.54) is 17.2 Å². The third-order valence-corrected chi connectivity index (χ3v) is 3.69. The summed E-state index contributed by atoms with van der Waals surface area (Å²) >= 11 is 0. The first-order valence-corrected chi connectivity index (χ1v) is 6.87. The molecule has 2 heterocycles. The number of hydrogen-bond donors (Lipinski definition) is 2. The van der Waals surface area contributed by atoms with Crippen molar-refractivity contribution in [3.63, 3.8) is 0 Å². The van der Waals surface area contributed by atoms with E-state index in [4.69, 9.17) is 20.8 Å². The zero-order chi connectivity index (χ0) is 16.7. The number of hydrogen-bond acceptors (Lipinski definition) is 3. The first-order chi connectivity index (χ1) is 10.8. The Kier molecular flexibility index (Phi) is 3.74. The van der Waals surface area contributed by atoms with Crippen molar-refractivity contribution in [1.29, 1.82) is 5.41 Å². The average Bonchev–Trinajstić information content (AvgIpc) is 2.34. The topological polar surface area (TPSA) is 83.9 Å². The van der Waals surface area contributed by atoms with Gasteiger partial charge in [-0.2, -0.15) is 18.0 Å². The number of hydroxylamine groups is 4. The molecule has 1 unspecified atom stereocenters. The van der Waals surface area contributed by atoms with Crippen molar-refractivity contribution in [3.8, 4) is 0 Å². The molecule has 23 heavy (non-hydrogen) atoms. The van der Waals surface area contributed by atoms with Crippen LogP contribution in [0, 0.1) is 5.41 Å². The summed E-state index contributed by atoms with van der Waals surface area (Å²) in [6.07, 6.45) is -4.41. The maximum Gasteiger partial charge on any atom is 0.416 e. The second kappa shape index (κ2) is 5.48. The molecule has 0 radical (unpaired) electrons. The Labute approximate surface area is 129 Å². The molecule has 2 saturated heterocycles. The van der Waals surface area contributed by atoms with Gasteiger partial charge in [0.2, 0.25) is 5.96 Å². The fraction of sp³-hybridized carbons (Fsp3) is 0.385. The van der Waals surface area contributed by atoms with Crippen molar-refractivity contribution < 1.29 is 22.8 Å². The SMILES string of the molecule is N=C(N=C(N)N1CCO1)[N+]1(c2ccc(C(F)(F)F)cc2)CCO1. The quantitative estimate of drug-likeness (QED) is 0.464. The van der Waals surface area contributed by atoms with Crippen LogP contribution in [0.25, 0.3) is 0 Å². The lowest BCUT2D eigenvalue weighted by Gasteiger charge is -2.39. The molecule has 0 bridgehead atoms. The van der Waals surface area contributed by atoms with Gasteiger partial charge in [0.25, 0.3) is 0 Å². The minimum absolute atomic E-state index is 0.0150. The molecule has 2 aliphatic heterocycles. The van der Waals surface area contributed by atoms with E-state index in [1.807, 2.05) is 0 Å². The van der Waals surface area contributed by atoms with Crippen LogP contribution in [-0.2, 0) is 15.9 Å². The minimum atomic E-state index is -4.41. The van der Waals surface area contributed by atoms with Crippen molar-refractivity contribution in [2.45, 2.75) is 6.18 Å².